The molecule has 2 bridgehead atoms. The number of fused-ring (bicyclic) bond motifs is 4. The maximum atomic E-state index is 13.0. The molecule has 136 valence electrons. The molecule has 8 heteroatoms. The number of urea groups is 1. The van der Waals surface area contributed by atoms with Gasteiger partial charge in [-0.2, -0.15) is 0 Å². The van der Waals surface area contributed by atoms with Gasteiger partial charge in [0, 0.05) is 19.3 Å². The highest BCUT2D eigenvalue weighted by Gasteiger charge is 2.40. The first-order chi connectivity index (χ1) is 13.2. The van der Waals surface area contributed by atoms with Crippen LogP contribution in [0.15, 0.2) is 36.5 Å². The van der Waals surface area contributed by atoms with Gasteiger partial charge < -0.3 is 10.2 Å². The van der Waals surface area contributed by atoms with Crippen LogP contribution in [0.25, 0.3) is 0 Å². The van der Waals surface area contributed by atoms with Crippen molar-refractivity contribution < 1.29 is 9.59 Å². The summed E-state index contributed by atoms with van der Waals surface area (Å²) in [5.74, 6) is 2.94. The summed E-state index contributed by atoms with van der Waals surface area (Å²) in [7, 11) is 0. The third-order valence-electron chi connectivity index (χ3n) is 4.65. The van der Waals surface area contributed by atoms with E-state index in [0.717, 1.165) is 25.2 Å². The Hall–Kier alpha value is -3.60. The van der Waals surface area contributed by atoms with Gasteiger partial charge in [0.15, 0.2) is 5.82 Å². The monoisotopic (exact) mass is 362 g/mol. The average Bonchev–Trinajstić information content (AvgIpc) is 3.11. The summed E-state index contributed by atoms with van der Waals surface area (Å²) in [5, 5.41) is 5.41. The smallest absolute Gasteiger partial charge is 0.329 e. The fourth-order valence-electron chi connectivity index (χ4n) is 3.43. The zero-order chi connectivity index (χ0) is 18.8. The van der Waals surface area contributed by atoms with Crippen molar-refractivity contribution in [1.29, 1.82) is 0 Å². The molecule has 0 spiro atoms. The number of nitrogens with one attached hydrogen (secondary N) is 2. The maximum Gasteiger partial charge on any atom is 0.329 e. The number of carbonyl (C=O) groups excluding carboxylic acids is 2. The second-order valence-corrected chi connectivity index (χ2v) is 6.33. The van der Waals surface area contributed by atoms with E-state index in [9.17, 15) is 9.59 Å². The number of rotatable bonds is 3. The molecule has 1 saturated heterocycles. The number of pyridine rings is 2. The van der Waals surface area contributed by atoms with Gasteiger partial charge in [0.05, 0.1) is 18.3 Å². The summed E-state index contributed by atoms with van der Waals surface area (Å²) in [6.07, 6.45) is 7.64. The van der Waals surface area contributed by atoms with E-state index in [4.69, 9.17) is 6.42 Å². The summed E-state index contributed by atoms with van der Waals surface area (Å²) in [6.45, 7) is 1.71. The Balaban J connectivity index is 1.66. The number of hydrogen-bond acceptors (Lipinski definition) is 5. The fourth-order valence-corrected chi connectivity index (χ4v) is 3.43. The normalized spacial score (nSPS) is 17.1. The molecule has 2 aromatic rings. The van der Waals surface area contributed by atoms with E-state index in [0.29, 0.717) is 11.6 Å². The molecule has 0 aromatic carbocycles. The van der Waals surface area contributed by atoms with Crippen molar-refractivity contribution in [2.75, 3.05) is 34.8 Å². The van der Waals surface area contributed by atoms with E-state index >= 15 is 0 Å². The molecule has 1 fully saturated rings. The van der Waals surface area contributed by atoms with Crippen molar-refractivity contribution >= 4 is 29.3 Å². The van der Waals surface area contributed by atoms with Crippen LogP contribution in [0.1, 0.15) is 16.9 Å². The number of hydrogen-bond donors (Lipinski definition) is 2. The minimum absolute atomic E-state index is 0.00210. The van der Waals surface area contributed by atoms with E-state index in [2.05, 4.69) is 31.4 Å². The highest BCUT2D eigenvalue weighted by Crippen LogP contribution is 2.39. The minimum atomic E-state index is -0.367. The Bertz CT molecular complexity index is 924. The number of aromatic nitrogens is 2. The van der Waals surface area contributed by atoms with Crippen molar-refractivity contribution in [3.8, 4) is 12.3 Å². The Labute approximate surface area is 156 Å². The molecule has 0 aliphatic carbocycles. The predicted molar refractivity (Wildman–Crippen MR) is 102 cm³/mol. The highest BCUT2D eigenvalue weighted by atomic mass is 16.2. The van der Waals surface area contributed by atoms with Crippen molar-refractivity contribution in [1.82, 2.24) is 15.3 Å². The lowest BCUT2D eigenvalue weighted by Gasteiger charge is -2.35. The molecule has 2 aliphatic heterocycles. The van der Waals surface area contributed by atoms with Gasteiger partial charge in [-0.25, -0.2) is 14.8 Å². The van der Waals surface area contributed by atoms with E-state index in [1.165, 1.54) is 0 Å². The highest BCUT2D eigenvalue weighted by molar-refractivity contribution is 6.05. The molecule has 0 unspecified atom stereocenters. The van der Waals surface area contributed by atoms with Crippen LogP contribution in [0.3, 0.4) is 0 Å². The third-order valence-corrected chi connectivity index (χ3v) is 4.65. The summed E-state index contributed by atoms with van der Waals surface area (Å²) < 4.78 is 0. The molecule has 27 heavy (non-hydrogen) atoms. The standard InChI is InChI=1S/C19H18N6O2/c1-2-9-21-18(26)14-6-7-15-17(22-14)25(13-8-11-24(15)12-13)19(27)23-16-5-3-4-10-20-16/h1,3-7,10,13H,8-9,11-12H2,(H,21,26)(H,20,23,27)/t13-/m0/s1. The second-order valence-electron chi connectivity index (χ2n) is 6.33. The lowest BCUT2D eigenvalue weighted by Crippen LogP contribution is -2.48. The van der Waals surface area contributed by atoms with E-state index < -0.39 is 0 Å². The fraction of sp³-hybridized carbons (Fsp3) is 0.263. The van der Waals surface area contributed by atoms with Gasteiger partial charge in [-0.05, 0) is 30.7 Å². The first kappa shape index (κ1) is 16.8. The molecule has 0 radical (unpaired) electrons. The number of nitrogens with zero attached hydrogens (tertiary/aromatic N) is 4. The van der Waals surface area contributed by atoms with Gasteiger partial charge in [-0.15, -0.1) is 6.42 Å². The van der Waals surface area contributed by atoms with Crippen molar-refractivity contribution in [3.63, 3.8) is 0 Å². The quantitative estimate of drug-likeness (QED) is 0.807. The van der Waals surface area contributed by atoms with Gasteiger partial charge in [-0.3, -0.25) is 15.0 Å². The molecule has 2 N–H and O–H groups in total. The number of anilines is 3. The van der Waals surface area contributed by atoms with Crippen molar-refractivity contribution in [2.24, 2.45) is 0 Å². The summed E-state index contributed by atoms with van der Waals surface area (Å²) in [4.78, 5) is 37.6. The Kier molecular flexibility index (Phi) is 4.34. The molecule has 2 aliphatic rings. The van der Waals surface area contributed by atoms with E-state index in [1.807, 2.05) is 6.07 Å². The van der Waals surface area contributed by atoms with Crippen LogP contribution in [0.4, 0.5) is 22.1 Å². The van der Waals surface area contributed by atoms with Gasteiger partial charge in [0.25, 0.3) is 5.91 Å². The largest absolute Gasteiger partial charge is 0.366 e. The van der Waals surface area contributed by atoms with Gasteiger partial charge in [0.2, 0.25) is 0 Å². The number of terminal acetylenes is 1. The van der Waals surface area contributed by atoms with Crippen LogP contribution in [0.2, 0.25) is 0 Å². The van der Waals surface area contributed by atoms with Crippen LogP contribution in [0, 0.1) is 12.3 Å². The molecule has 4 rings (SSSR count). The zero-order valence-electron chi connectivity index (χ0n) is 14.6. The van der Waals surface area contributed by atoms with Crippen LogP contribution >= 0.6 is 0 Å². The topological polar surface area (TPSA) is 90.5 Å². The molecule has 3 amide bonds. The van der Waals surface area contributed by atoms with Crippen LogP contribution < -0.4 is 20.4 Å². The minimum Gasteiger partial charge on any atom is -0.366 e. The van der Waals surface area contributed by atoms with Crippen LogP contribution in [-0.4, -0.2) is 47.6 Å². The summed E-state index contributed by atoms with van der Waals surface area (Å²) in [5.41, 5.74) is 1.07. The molecular formula is C19H18N6O2. The first-order valence-corrected chi connectivity index (χ1v) is 8.66. The van der Waals surface area contributed by atoms with Gasteiger partial charge in [-0.1, -0.05) is 12.0 Å². The van der Waals surface area contributed by atoms with Crippen LogP contribution in [0.5, 0.6) is 0 Å². The first-order valence-electron chi connectivity index (χ1n) is 8.66. The molecule has 1 atom stereocenters. The lowest BCUT2D eigenvalue weighted by atomic mass is 10.1. The zero-order valence-corrected chi connectivity index (χ0v) is 14.6. The Morgan fingerprint density at radius 2 is 2.19 bits per heavy atom. The van der Waals surface area contributed by atoms with Gasteiger partial charge >= 0.3 is 6.03 Å². The third kappa shape index (κ3) is 3.15. The second kappa shape index (κ2) is 6.96. The average molecular weight is 362 g/mol. The lowest BCUT2D eigenvalue weighted by molar-refractivity contribution is 0.0953. The molecule has 8 nitrogen and oxygen atoms in total. The summed E-state index contributed by atoms with van der Waals surface area (Å²) >= 11 is 0. The predicted octanol–water partition coefficient (Wildman–Crippen LogP) is 1.47. The van der Waals surface area contributed by atoms with Crippen molar-refractivity contribution in [3.05, 3.63) is 42.2 Å². The van der Waals surface area contributed by atoms with E-state index in [-0.39, 0.29) is 30.2 Å². The number of amides is 3. The maximum absolute atomic E-state index is 13.0. The van der Waals surface area contributed by atoms with Crippen LogP contribution in [-0.2, 0) is 0 Å². The van der Waals surface area contributed by atoms with E-state index in [1.54, 1.807) is 35.4 Å². The molecule has 0 saturated carbocycles. The molecule has 4 heterocycles. The van der Waals surface area contributed by atoms with Gasteiger partial charge in [0.1, 0.15) is 11.5 Å². The number of carbonyl (C=O) groups is 2. The SMILES string of the molecule is C#CCNC(=O)c1ccc2c(n1)N(C(=O)Nc1ccccn1)[C@H]1CCN2C1. The molecular weight excluding hydrogens is 344 g/mol. The Morgan fingerprint density at radius 3 is 2.96 bits per heavy atom. The summed E-state index contributed by atoms with van der Waals surface area (Å²) in [6, 6.07) is 8.47. The molecule has 2 aromatic heterocycles. The Morgan fingerprint density at radius 1 is 1.30 bits per heavy atom. The van der Waals surface area contributed by atoms with Crippen molar-refractivity contribution in [2.45, 2.75) is 12.5 Å².